The van der Waals surface area contributed by atoms with Crippen LogP contribution in [0, 0.1) is 6.92 Å². The Kier molecular flexibility index (Phi) is 5.81. The third-order valence-electron chi connectivity index (χ3n) is 6.56. The van der Waals surface area contributed by atoms with Crippen LogP contribution in [-0.2, 0) is 0 Å². The Morgan fingerprint density at radius 3 is 2.56 bits per heavy atom. The van der Waals surface area contributed by atoms with Crippen molar-refractivity contribution in [2.24, 2.45) is 5.10 Å². The van der Waals surface area contributed by atoms with E-state index in [2.05, 4.69) is 69.1 Å². The Balaban J connectivity index is 1.57. The number of anilines is 1. The van der Waals surface area contributed by atoms with E-state index < -0.39 is 0 Å². The lowest BCUT2D eigenvalue weighted by molar-refractivity contribution is 0.0955. The van der Waals surface area contributed by atoms with E-state index in [0.717, 1.165) is 28.3 Å². The van der Waals surface area contributed by atoms with Gasteiger partial charge in [-0.15, -0.1) is 0 Å². The summed E-state index contributed by atoms with van der Waals surface area (Å²) in [5, 5.41) is 6.44. The number of hydrazone groups is 1. The number of amides is 1. The second-order valence-electron chi connectivity index (χ2n) is 9.91. The van der Waals surface area contributed by atoms with Gasteiger partial charge in [0, 0.05) is 22.8 Å². The number of aryl methyl sites for hydroxylation is 1. The molecular weight excluding hydrogens is 394 g/mol. The number of nitrogens with zero attached hydrogens (tertiary/aromatic N) is 2. The summed E-state index contributed by atoms with van der Waals surface area (Å²) in [6, 6.07) is 18.7. The van der Waals surface area contributed by atoms with E-state index in [-0.39, 0.29) is 11.4 Å². The van der Waals surface area contributed by atoms with Gasteiger partial charge in [0.1, 0.15) is 0 Å². The van der Waals surface area contributed by atoms with Crippen molar-refractivity contribution < 1.29 is 4.79 Å². The van der Waals surface area contributed by atoms with Crippen molar-refractivity contribution in [1.29, 1.82) is 0 Å². The molecule has 166 valence electrons. The summed E-state index contributed by atoms with van der Waals surface area (Å²) in [6.07, 6.45) is 2.87. The molecule has 4 heteroatoms. The van der Waals surface area contributed by atoms with Gasteiger partial charge in [0.2, 0.25) is 0 Å². The second kappa shape index (κ2) is 8.42. The molecule has 4 nitrogen and oxygen atoms in total. The van der Waals surface area contributed by atoms with Gasteiger partial charge in [-0.25, -0.2) is 5.43 Å². The van der Waals surface area contributed by atoms with Crippen molar-refractivity contribution in [2.45, 2.75) is 65.5 Å². The van der Waals surface area contributed by atoms with Crippen LogP contribution in [0.4, 0.5) is 5.69 Å². The molecule has 0 fully saturated rings. The fraction of sp³-hybridized carbons (Fsp3) is 0.357. The van der Waals surface area contributed by atoms with Crippen molar-refractivity contribution in [3.05, 3.63) is 76.9 Å². The summed E-state index contributed by atoms with van der Waals surface area (Å²) in [6.45, 7) is 13.6. The van der Waals surface area contributed by atoms with Crippen molar-refractivity contribution in [3.63, 3.8) is 0 Å². The van der Waals surface area contributed by atoms with Crippen LogP contribution in [0.25, 0.3) is 10.8 Å². The minimum Gasteiger partial charge on any atom is -0.364 e. The van der Waals surface area contributed by atoms with Crippen molar-refractivity contribution in [1.82, 2.24) is 5.43 Å². The first-order valence-corrected chi connectivity index (χ1v) is 11.4. The zero-order chi connectivity index (χ0) is 23.0. The third-order valence-corrected chi connectivity index (χ3v) is 6.56. The summed E-state index contributed by atoms with van der Waals surface area (Å²) in [5.41, 5.74) is 8.28. The average Bonchev–Trinajstić information content (AvgIpc) is 2.73. The topological polar surface area (TPSA) is 44.7 Å². The molecule has 0 unspecified atom stereocenters. The first-order valence-electron chi connectivity index (χ1n) is 11.4. The van der Waals surface area contributed by atoms with Gasteiger partial charge in [0.05, 0.1) is 6.21 Å². The predicted molar refractivity (Wildman–Crippen MR) is 135 cm³/mol. The van der Waals surface area contributed by atoms with Crippen LogP contribution in [-0.4, -0.2) is 23.7 Å². The molecule has 1 aliphatic rings. The maximum Gasteiger partial charge on any atom is 0.271 e. The Morgan fingerprint density at radius 1 is 1.12 bits per heavy atom. The molecular formula is C28H33N3O. The molecule has 0 saturated heterocycles. The lowest BCUT2D eigenvalue weighted by Gasteiger charge is -2.50. The minimum absolute atomic E-state index is 0.121. The largest absolute Gasteiger partial charge is 0.364 e. The Labute approximate surface area is 191 Å². The van der Waals surface area contributed by atoms with Gasteiger partial charge in [0.15, 0.2) is 0 Å². The Hall–Kier alpha value is -3.14. The van der Waals surface area contributed by atoms with Crippen LogP contribution < -0.4 is 10.3 Å². The van der Waals surface area contributed by atoms with Gasteiger partial charge < -0.3 is 4.90 Å². The highest BCUT2D eigenvalue weighted by Crippen LogP contribution is 2.45. The number of nitrogens with one attached hydrogen (secondary N) is 1. The number of hydrogen-bond acceptors (Lipinski definition) is 3. The molecule has 1 atom stereocenters. The van der Waals surface area contributed by atoms with E-state index in [1.54, 1.807) is 6.21 Å². The molecule has 0 spiro atoms. The molecule has 0 saturated carbocycles. The molecule has 1 N–H and O–H groups in total. The van der Waals surface area contributed by atoms with Gasteiger partial charge in [-0.2, -0.15) is 5.10 Å². The van der Waals surface area contributed by atoms with E-state index in [1.807, 2.05) is 42.5 Å². The van der Waals surface area contributed by atoms with Crippen molar-refractivity contribution in [2.75, 3.05) is 4.90 Å². The lowest BCUT2D eigenvalue weighted by atomic mass is 9.78. The number of rotatable bonds is 4. The van der Waals surface area contributed by atoms with Crippen LogP contribution in [0.15, 0.2) is 59.7 Å². The SMILES string of the molecule is Cc1cc2c(cc1/C=N\NC(=O)c1ccc3ccccc3c1)[C@@H](C)CC(C)(C)N2C(C)C. The van der Waals surface area contributed by atoms with Gasteiger partial charge >= 0.3 is 0 Å². The van der Waals surface area contributed by atoms with Crippen LogP contribution in [0.2, 0.25) is 0 Å². The van der Waals surface area contributed by atoms with Crippen LogP contribution >= 0.6 is 0 Å². The quantitative estimate of drug-likeness (QED) is 0.386. The molecule has 1 aliphatic heterocycles. The number of carbonyl (C=O) groups excluding carboxylic acids is 1. The first kappa shape index (κ1) is 22.1. The standard InChI is InChI=1S/C28H33N3O/c1-18(2)31-26-13-19(3)24(15-25(26)20(4)16-28(31,5)6)17-29-30-27(32)23-12-11-21-9-7-8-10-22(21)14-23/h7-15,17-18,20H,16H2,1-6H3,(H,30,32)/b29-17-/t20-/m0/s1. The van der Waals surface area contributed by atoms with Crippen LogP contribution in [0.5, 0.6) is 0 Å². The summed E-state index contributed by atoms with van der Waals surface area (Å²) in [7, 11) is 0. The smallest absolute Gasteiger partial charge is 0.271 e. The highest BCUT2D eigenvalue weighted by Gasteiger charge is 2.37. The number of hydrogen-bond donors (Lipinski definition) is 1. The summed E-state index contributed by atoms with van der Waals surface area (Å²) in [4.78, 5) is 15.1. The third kappa shape index (κ3) is 4.14. The first-order chi connectivity index (χ1) is 15.2. The number of benzene rings is 3. The van der Waals surface area contributed by atoms with E-state index in [0.29, 0.717) is 17.5 Å². The maximum atomic E-state index is 12.6. The predicted octanol–water partition coefficient (Wildman–Crippen LogP) is 6.41. The van der Waals surface area contributed by atoms with Crippen molar-refractivity contribution >= 4 is 28.6 Å². The molecule has 0 aromatic heterocycles. The van der Waals surface area contributed by atoms with Crippen molar-refractivity contribution in [3.8, 4) is 0 Å². The Morgan fingerprint density at radius 2 is 1.84 bits per heavy atom. The molecule has 0 bridgehead atoms. The summed E-state index contributed by atoms with van der Waals surface area (Å²) < 4.78 is 0. The molecule has 0 aliphatic carbocycles. The Bertz CT molecular complexity index is 1190. The number of carbonyl (C=O) groups is 1. The lowest BCUT2D eigenvalue weighted by Crippen LogP contribution is -2.51. The van der Waals surface area contributed by atoms with E-state index in [1.165, 1.54) is 11.3 Å². The average molecular weight is 428 g/mol. The minimum atomic E-state index is -0.205. The van der Waals surface area contributed by atoms with Gasteiger partial charge in [-0.3, -0.25) is 4.79 Å². The molecule has 4 rings (SSSR count). The second-order valence-corrected chi connectivity index (χ2v) is 9.91. The highest BCUT2D eigenvalue weighted by atomic mass is 16.2. The molecule has 3 aromatic carbocycles. The fourth-order valence-electron chi connectivity index (χ4n) is 5.29. The van der Waals surface area contributed by atoms with Gasteiger partial charge in [0.25, 0.3) is 5.91 Å². The van der Waals surface area contributed by atoms with Gasteiger partial charge in [-0.1, -0.05) is 37.3 Å². The monoisotopic (exact) mass is 427 g/mol. The molecule has 3 aromatic rings. The molecule has 32 heavy (non-hydrogen) atoms. The van der Waals surface area contributed by atoms with E-state index in [9.17, 15) is 4.79 Å². The zero-order valence-corrected chi connectivity index (χ0v) is 19.9. The van der Waals surface area contributed by atoms with Gasteiger partial charge in [-0.05, 0) is 98.7 Å². The molecule has 0 radical (unpaired) electrons. The maximum absolute atomic E-state index is 12.6. The van der Waals surface area contributed by atoms with Crippen LogP contribution in [0.3, 0.4) is 0 Å². The molecule has 1 amide bonds. The zero-order valence-electron chi connectivity index (χ0n) is 19.9. The normalized spacial score (nSPS) is 17.7. The summed E-state index contributed by atoms with van der Waals surface area (Å²) >= 11 is 0. The van der Waals surface area contributed by atoms with E-state index in [4.69, 9.17) is 0 Å². The highest BCUT2D eigenvalue weighted by molar-refractivity contribution is 5.99. The van der Waals surface area contributed by atoms with E-state index >= 15 is 0 Å². The van der Waals surface area contributed by atoms with Crippen LogP contribution in [0.1, 0.15) is 74.0 Å². The summed E-state index contributed by atoms with van der Waals surface area (Å²) in [5.74, 6) is 0.263. The number of fused-ring (bicyclic) bond motifs is 2. The fourth-order valence-corrected chi connectivity index (χ4v) is 5.29. The molecule has 1 heterocycles.